The molecule has 1 aromatic carbocycles. The van der Waals surface area contributed by atoms with E-state index in [1.807, 2.05) is 12.1 Å². The van der Waals surface area contributed by atoms with E-state index >= 15 is 0 Å². The number of rotatable bonds is 1. The van der Waals surface area contributed by atoms with Crippen molar-refractivity contribution < 1.29 is 4.79 Å². The minimum Gasteiger partial charge on any atom is -0.334 e. The van der Waals surface area contributed by atoms with Gasteiger partial charge in [-0.05, 0) is 44.9 Å². The van der Waals surface area contributed by atoms with Crippen molar-refractivity contribution in [1.29, 1.82) is 0 Å². The highest BCUT2D eigenvalue weighted by Gasteiger charge is 2.39. The number of carbonyl (C=O) groups excluding carboxylic acids is 1. The predicted octanol–water partition coefficient (Wildman–Crippen LogP) is 1.51. The number of carbonyl (C=O) groups is 1. The van der Waals surface area contributed by atoms with Crippen LogP contribution < -0.4 is 11.0 Å². The lowest BCUT2D eigenvalue weighted by Gasteiger charge is -2.36. The number of amides is 1. The molecule has 2 saturated heterocycles. The van der Waals surface area contributed by atoms with Crippen LogP contribution in [0.15, 0.2) is 29.1 Å². The minimum absolute atomic E-state index is 0.154. The molecule has 0 saturated carbocycles. The molecule has 116 valence electrons. The first kappa shape index (κ1) is 13.6. The Morgan fingerprint density at radius 1 is 1.23 bits per heavy atom. The van der Waals surface area contributed by atoms with Crippen LogP contribution in [0.5, 0.6) is 0 Å². The number of imidazole rings is 1. The number of benzene rings is 1. The molecule has 0 spiro atoms. The number of fused-ring (bicyclic) bond motifs is 3. The number of hydrogen-bond donors (Lipinski definition) is 2. The topological polar surface area (TPSA) is 70.1 Å². The Balaban J connectivity index is 1.57. The summed E-state index contributed by atoms with van der Waals surface area (Å²) in [6.07, 6.45) is 4.35. The molecule has 6 heteroatoms. The molecule has 2 N–H and O–H groups in total. The molecule has 22 heavy (non-hydrogen) atoms. The van der Waals surface area contributed by atoms with E-state index in [0.717, 1.165) is 12.8 Å². The van der Waals surface area contributed by atoms with E-state index in [2.05, 4.69) is 22.2 Å². The maximum atomic E-state index is 12.5. The van der Waals surface area contributed by atoms with Gasteiger partial charge in [0, 0.05) is 18.1 Å². The summed E-state index contributed by atoms with van der Waals surface area (Å²) in [6, 6.07) is 8.21. The van der Waals surface area contributed by atoms with E-state index in [4.69, 9.17) is 0 Å². The highest BCUT2D eigenvalue weighted by Crippen LogP contribution is 2.34. The minimum atomic E-state index is -0.380. The van der Waals surface area contributed by atoms with Crippen LogP contribution in [0.25, 0.3) is 11.0 Å². The van der Waals surface area contributed by atoms with Crippen LogP contribution in [0, 0.1) is 0 Å². The Labute approximate surface area is 128 Å². The van der Waals surface area contributed by atoms with Gasteiger partial charge in [0.2, 0.25) is 0 Å². The van der Waals surface area contributed by atoms with E-state index < -0.39 is 0 Å². The van der Waals surface area contributed by atoms with Gasteiger partial charge in [-0.3, -0.25) is 0 Å². The zero-order chi connectivity index (χ0) is 15.3. The number of aromatic amines is 1. The molecule has 6 nitrogen and oxygen atoms in total. The van der Waals surface area contributed by atoms with E-state index in [0.29, 0.717) is 23.1 Å². The fraction of sp³-hybridized carbons (Fsp3) is 0.500. The summed E-state index contributed by atoms with van der Waals surface area (Å²) in [5.41, 5.74) is 0.932. The monoisotopic (exact) mass is 300 g/mol. The molecular formula is C16H20N4O2. The van der Waals surface area contributed by atoms with Gasteiger partial charge in [-0.1, -0.05) is 12.1 Å². The van der Waals surface area contributed by atoms with Gasteiger partial charge >= 0.3 is 11.7 Å². The van der Waals surface area contributed by atoms with E-state index in [1.165, 1.54) is 17.4 Å². The van der Waals surface area contributed by atoms with Crippen molar-refractivity contribution in [1.82, 2.24) is 19.8 Å². The first-order valence-corrected chi connectivity index (χ1v) is 7.86. The number of H-pyrrole nitrogens is 1. The van der Waals surface area contributed by atoms with Crippen molar-refractivity contribution in [3.05, 3.63) is 34.7 Å². The molecule has 0 aliphatic carbocycles. The molecule has 2 aliphatic heterocycles. The highest BCUT2D eigenvalue weighted by molar-refractivity contribution is 5.89. The molecule has 0 radical (unpaired) electrons. The van der Waals surface area contributed by atoms with Crippen LogP contribution >= 0.6 is 0 Å². The van der Waals surface area contributed by atoms with Crippen LogP contribution in [0.3, 0.4) is 0 Å². The predicted molar refractivity (Wildman–Crippen MR) is 84.1 cm³/mol. The Kier molecular flexibility index (Phi) is 3.07. The second-order valence-corrected chi connectivity index (χ2v) is 6.45. The van der Waals surface area contributed by atoms with Crippen LogP contribution in [-0.4, -0.2) is 45.7 Å². The van der Waals surface area contributed by atoms with Gasteiger partial charge in [0.15, 0.2) is 0 Å². The zero-order valence-corrected chi connectivity index (χ0v) is 12.6. The molecule has 4 rings (SSSR count). The zero-order valence-electron chi connectivity index (χ0n) is 12.6. The highest BCUT2D eigenvalue weighted by atomic mass is 16.2. The normalized spacial score (nSPS) is 28.1. The average Bonchev–Trinajstić information content (AvgIpc) is 2.90. The number of hydrogen-bond acceptors (Lipinski definition) is 3. The van der Waals surface area contributed by atoms with Crippen molar-refractivity contribution in [3.8, 4) is 0 Å². The molecule has 2 aliphatic rings. The molecule has 2 aromatic rings. The second-order valence-electron chi connectivity index (χ2n) is 6.45. The number of aromatic nitrogens is 2. The Hall–Kier alpha value is -2.08. The van der Waals surface area contributed by atoms with Gasteiger partial charge in [-0.2, -0.15) is 0 Å². The van der Waals surface area contributed by atoms with E-state index in [-0.39, 0.29) is 17.8 Å². The molecule has 2 fully saturated rings. The summed E-state index contributed by atoms with van der Waals surface area (Å²) >= 11 is 0. The lowest BCUT2D eigenvalue weighted by Crippen LogP contribution is -2.50. The largest absolute Gasteiger partial charge is 0.334 e. The number of nitrogens with one attached hydrogen (secondary N) is 2. The Morgan fingerprint density at radius 3 is 2.64 bits per heavy atom. The number of para-hydroxylation sites is 2. The van der Waals surface area contributed by atoms with Crippen LogP contribution in [-0.2, 0) is 0 Å². The summed E-state index contributed by atoms with van der Waals surface area (Å²) in [4.78, 5) is 29.7. The van der Waals surface area contributed by atoms with Crippen molar-refractivity contribution in [3.63, 3.8) is 0 Å². The number of piperidine rings is 1. The SMILES string of the molecule is CN1[C@@H]2CC[C@H]1C[C@@H](NC(=O)n1c(=O)[nH]c3ccccc31)C2. The van der Waals surface area contributed by atoms with Gasteiger partial charge in [0.25, 0.3) is 0 Å². The smallest absolute Gasteiger partial charge is 0.334 e. The molecule has 3 heterocycles. The first-order chi connectivity index (χ1) is 10.6. The maximum absolute atomic E-state index is 12.5. The van der Waals surface area contributed by atoms with Crippen molar-refractivity contribution in [2.45, 2.75) is 43.8 Å². The van der Waals surface area contributed by atoms with Gasteiger partial charge in [-0.15, -0.1) is 0 Å². The lowest BCUT2D eigenvalue weighted by atomic mass is 9.98. The molecule has 1 aromatic heterocycles. The molecule has 0 unspecified atom stereocenters. The quantitative estimate of drug-likeness (QED) is 0.839. The van der Waals surface area contributed by atoms with Gasteiger partial charge in [0.1, 0.15) is 0 Å². The van der Waals surface area contributed by atoms with Gasteiger partial charge in [-0.25, -0.2) is 14.2 Å². The first-order valence-electron chi connectivity index (χ1n) is 7.86. The summed E-state index contributed by atoms with van der Waals surface area (Å²) in [7, 11) is 2.17. The average molecular weight is 300 g/mol. The van der Waals surface area contributed by atoms with Crippen molar-refractivity contribution in [2.24, 2.45) is 0 Å². The third kappa shape index (κ3) is 2.06. The second kappa shape index (κ2) is 4.98. The van der Waals surface area contributed by atoms with Crippen molar-refractivity contribution >= 4 is 17.1 Å². The fourth-order valence-electron chi connectivity index (χ4n) is 4.02. The van der Waals surface area contributed by atoms with Crippen LogP contribution in [0.2, 0.25) is 0 Å². The maximum Gasteiger partial charge on any atom is 0.334 e. The van der Waals surface area contributed by atoms with E-state index in [9.17, 15) is 9.59 Å². The van der Waals surface area contributed by atoms with Crippen LogP contribution in [0.1, 0.15) is 25.7 Å². The Bertz CT molecular complexity index is 764. The fourth-order valence-corrected chi connectivity index (χ4v) is 4.02. The molecule has 3 atom stereocenters. The van der Waals surface area contributed by atoms with Crippen LogP contribution in [0.4, 0.5) is 4.79 Å². The Morgan fingerprint density at radius 2 is 1.91 bits per heavy atom. The lowest BCUT2D eigenvalue weighted by molar-refractivity contribution is 0.150. The summed E-state index contributed by atoms with van der Waals surface area (Å²) in [5, 5.41) is 3.05. The standard InChI is InChI=1S/C16H20N4O2/c1-19-11-6-7-12(19)9-10(8-11)17-15(21)20-14-5-3-2-4-13(14)18-16(20)22/h2-5,10-12H,6-9H2,1H3,(H,17,21)(H,18,22)/t10-,11+,12-. The van der Waals surface area contributed by atoms with Gasteiger partial charge in [0.05, 0.1) is 11.0 Å². The summed E-state index contributed by atoms with van der Waals surface area (Å²) in [6.45, 7) is 0. The third-order valence-electron chi connectivity index (χ3n) is 5.22. The van der Waals surface area contributed by atoms with Gasteiger partial charge < -0.3 is 15.2 Å². The van der Waals surface area contributed by atoms with Crippen molar-refractivity contribution in [2.75, 3.05) is 7.05 Å². The van der Waals surface area contributed by atoms with E-state index in [1.54, 1.807) is 12.1 Å². The number of nitrogens with zero attached hydrogens (tertiary/aromatic N) is 2. The molecule has 1 amide bonds. The summed E-state index contributed by atoms with van der Waals surface area (Å²) in [5.74, 6) is 0. The summed E-state index contributed by atoms with van der Waals surface area (Å²) < 4.78 is 1.20. The molecular weight excluding hydrogens is 280 g/mol. The third-order valence-corrected chi connectivity index (χ3v) is 5.22. The molecule has 2 bridgehead atoms.